The van der Waals surface area contributed by atoms with Crippen LogP contribution >= 0.6 is 34.7 Å². The summed E-state index contributed by atoms with van der Waals surface area (Å²) < 4.78 is 2.62. The highest BCUT2D eigenvalue weighted by atomic mass is 35.5. The van der Waals surface area contributed by atoms with Gasteiger partial charge in [-0.25, -0.2) is 0 Å². The van der Waals surface area contributed by atoms with E-state index in [-0.39, 0.29) is 0 Å². The van der Waals surface area contributed by atoms with Gasteiger partial charge in [0.05, 0.1) is 14.9 Å². The number of rotatable bonds is 2. The summed E-state index contributed by atoms with van der Waals surface area (Å²) in [6.45, 7) is 0. The SMILES string of the molecule is Clc1ccc(C2=Nn3c(nnc3-c3cccc4ccccc34)SC2)s1. The molecule has 1 aliphatic rings. The monoisotopic (exact) mass is 382 g/mol. The maximum atomic E-state index is 6.08. The molecular weight excluding hydrogens is 372 g/mol. The summed E-state index contributed by atoms with van der Waals surface area (Å²) in [5.41, 5.74) is 2.03. The van der Waals surface area contributed by atoms with Gasteiger partial charge in [-0.3, -0.25) is 0 Å². The second-order valence-corrected chi connectivity index (χ2v) is 8.24. The quantitative estimate of drug-likeness (QED) is 0.480. The highest BCUT2D eigenvalue weighted by molar-refractivity contribution is 7.99. The lowest BCUT2D eigenvalue weighted by Crippen LogP contribution is -2.12. The largest absolute Gasteiger partial charge is 0.212 e. The van der Waals surface area contributed by atoms with Gasteiger partial charge >= 0.3 is 0 Å². The summed E-state index contributed by atoms with van der Waals surface area (Å²) >= 11 is 9.26. The van der Waals surface area contributed by atoms with Gasteiger partial charge in [-0.1, -0.05) is 65.8 Å². The fourth-order valence-electron chi connectivity index (χ4n) is 2.91. The Morgan fingerprint density at radius 1 is 0.960 bits per heavy atom. The first kappa shape index (κ1) is 15.1. The number of halogens is 1. The van der Waals surface area contributed by atoms with Crippen molar-refractivity contribution in [2.24, 2.45) is 5.10 Å². The number of thiophene rings is 1. The van der Waals surface area contributed by atoms with Gasteiger partial charge in [0.2, 0.25) is 5.16 Å². The highest BCUT2D eigenvalue weighted by Crippen LogP contribution is 2.33. The lowest BCUT2D eigenvalue weighted by molar-refractivity contribution is 0.763. The minimum absolute atomic E-state index is 0.763. The number of aromatic nitrogens is 3. The predicted molar refractivity (Wildman–Crippen MR) is 105 cm³/mol. The van der Waals surface area contributed by atoms with E-state index in [4.69, 9.17) is 16.7 Å². The molecule has 0 spiro atoms. The van der Waals surface area contributed by atoms with E-state index in [1.807, 2.05) is 35.0 Å². The van der Waals surface area contributed by atoms with Gasteiger partial charge in [0.25, 0.3) is 0 Å². The van der Waals surface area contributed by atoms with E-state index in [9.17, 15) is 0 Å². The molecule has 0 saturated heterocycles. The van der Waals surface area contributed by atoms with Gasteiger partial charge < -0.3 is 0 Å². The van der Waals surface area contributed by atoms with Crippen molar-refractivity contribution in [1.82, 2.24) is 14.9 Å². The molecule has 4 nitrogen and oxygen atoms in total. The second kappa shape index (κ2) is 5.98. The standard InChI is InChI=1S/C18H11ClN4S2/c19-16-9-8-15(25-16)14-10-24-18-21-20-17(23(18)22-14)13-7-3-5-11-4-1-2-6-12(11)13/h1-9H,10H2. The molecule has 3 heterocycles. The van der Waals surface area contributed by atoms with Gasteiger partial charge in [0.15, 0.2) is 5.82 Å². The van der Waals surface area contributed by atoms with Crippen LogP contribution < -0.4 is 0 Å². The molecule has 0 unspecified atom stereocenters. The van der Waals surface area contributed by atoms with E-state index in [0.717, 1.165) is 42.6 Å². The van der Waals surface area contributed by atoms with Gasteiger partial charge in [-0.05, 0) is 22.9 Å². The molecule has 0 radical (unpaired) electrons. The van der Waals surface area contributed by atoms with Gasteiger partial charge in [0.1, 0.15) is 0 Å². The van der Waals surface area contributed by atoms with Crippen molar-refractivity contribution in [2.45, 2.75) is 5.16 Å². The fourth-order valence-corrected chi connectivity index (χ4v) is 4.85. The lowest BCUT2D eigenvalue weighted by Gasteiger charge is -2.13. The van der Waals surface area contributed by atoms with Gasteiger partial charge in [-0.2, -0.15) is 9.78 Å². The lowest BCUT2D eigenvalue weighted by atomic mass is 10.0. The fraction of sp³-hybridized carbons (Fsp3) is 0.0556. The minimum Gasteiger partial charge on any atom is -0.186 e. The molecule has 5 rings (SSSR count). The average molecular weight is 383 g/mol. The van der Waals surface area contributed by atoms with E-state index >= 15 is 0 Å². The number of hydrogen-bond donors (Lipinski definition) is 0. The summed E-state index contributed by atoms with van der Waals surface area (Å²) in [7, 11) is 0. The van der Waals surface area contributed by atoms with Crippen molar-refractivity contribution in [1.29, 1.82) is 0 Å². The number of hydrogen-bond acceptors (Lipinski definition) is 5. The molecule has 1 aliphatic heterocycles. The van der Waals surface area contributed by atoms with Crippen LogP contribution in [-0.2, 0) is 0 Å². The number of fused-ring (bicyclic) bond motifs is 2. The average Bonchev–Trinajstić information content (AvgIpc) is 3.27. The Hall–Kier alpha value is -2.15. The third-order valence-electron chi connectivity index (χ3n) is 4.06. The van der Waals surface area contributed by atoms with E-state index in [1.54, 1.807) is 23.1 Å². The molecule has 0 saturated carbocycles. The van der Waals surface area contributed by atoms with Gasteiger partial charge in [-0.15, -0.1) is 21.5 Å². The Morgan fingerprint density at radius 3 is 2.72 bits per heavy atom. The molecule has 4 aromatic rings. The zero-order valence-electron chi connectivity index (χ0n) is 12.9. The smallest absolute Gasteiger partial charge is 0.186 e. The predicted octanol–water partition coefficient (Wildman–Crippen LogP) is 5.17. The first-order valence-electron chi connectivity index (χ1n) is 7.69. The van der Waals surface area contributed by atoms with Crippen LogP contribution in [-0.4, -0.2) is 26.3 Å². The highest BCUT2D eigenvalue weighted by Gasteiger charge is 2.22. The third-order valence-corrected chi connectivity index (χ3v) is 6.27. The summed E-state index contributed by atoms with van der Waals surface area (Å²) in [6, 6.07) is 18.4. The molecule has 2 aromatic heterocycles. The molecule has 2 aromatic carbocycles. The van der Waals surface area contributed by atoms with Crippen LogP contribution in [0.3, 0.4) is 0 Å². The van der Waals surface area contributed by atoms with Crippen molar-refractivity contribution >= 4 is 51.2 Å². The molecular formula is C18H11ClN4S2. The summed E-state index contributed by atoms with van der Waals surface area (Å²) in [5, 5.41) is 16.7. The Bertz CT molecular complexity index is 1120. The second-order valence-electron chi connectivity index (χ2n) is 5.58. The van der Waals surface area contributed by atoms with E-state index in [1.165, 1.54) is 5.39 Å². The molecule has 0 bridgehead atoms. The Labute approximate surface area is 157 Å². The van der Waals surface area contributed by atoms with Crippen molar-refractivity contribution in [3.05, 3.63) is 63.8 Å². The van der Waals surface area contributed by atoms with Gasteiger partial charge in [0, 0.05) is 11.3 Å². The summed E-state index contributed by atoms with van der Waals surface area (Å²) in [5.74, 6) is 1.53. The third kappa shape index (κ3) is 2.57. The zero-order valence-corrected chi connectivity index (χ0v) is 15.3. The van der Waals surface area contributed by atoms with Crippen LogP contribution in [0.15, 0.2) is 64.9 Å². The molecule has 0 fully saturated rings. The first-order valence-corrected chi connectivity index (χ1v) is 9.87. The van der Waals surface area contributed by atoms with Crippen molar-refractivity contribution in [3.63, 3.8) is 0 Å². The maximum Gasteiger partial charge on any atom is 0.212 e. The zero-order chi connectivity index (χ0) is 16.8. The van der Waals surface area contributed by atoms with Crippen LogP contribution in [0, 0.1) is 0 Å². The topological polar surface area (TPSA) is 43.1 Å². The van der Waals surface area contributed by atoms with Crippen LogP contribution in [0.4, 0.5) is 0 Å². The van der Waals surface area contributed by atoms with Crippen molar-refractivity contribution < 1.29 is 0 Å². The van der Waals surface area contributed by atoms with E-state index < -0.39 is 0 Å². The molecule has 0 amide bonds. The van der Waals surface area contributed by atoms with Crippen LogP contribution in [0.2, 0.25) is 4.34 Å². The van der Waals surface area contributed by atoms with E-state index in [0.29, 0.717) is 0 Å². The van der Waals surface area contributed by atoms with Crippen LogP contribution in [0.25, 0.3) is 22.2 Å². The minimum atomic E-state index is 0.763. The van der Waals surface area contributed by atoms with Crippen LogP contribution in [0.5, 0.6) is 0 Å². The summed E-state index contributed by atoms with van der Waals surface area (Å²) in [4.78, 5) is 1.08. The van der Waals surface area contributed by atoms with E-state index in [2.05, 4.69) is 34.5 Å². The molecule has 0 atom stereocenters. The number of benzene rings is 2. The summed E-state index contributed by atoms with van der Waals surface area (Å²) in [6.07, 6.45) is 0. The van der Waals surface area contributed by atoms with Crippen molar-refractivity contribution in [2.75, 3.05) is 5.75 Å². The Morgan fingerprint density at radius 2 is 1.84 bits per heavy atom. The number of thioether (sulfide) groups is 1. The molecule has 0 N–H and O–H groups in total. The maximum absolute atomic E-state index is 6.08. The molecule has 7 heteroatoms. The Balaban J connectivity index is 1.69. The Kier molecular flexibility index (Phi) is 3.62. The van der Waals surface area contributed by atoms with Crippen LogP contribution in [0.1, 0.15) is 4.88 Å². The first-order chi connectivity index (χ1) is 12.3. The normalized spacial score (nSPS) is 13.7. The molecule has 25 heavy (non-hydrogen) atoms. The van der Waals surface area contributed by atoms with Crippen molar-refractivity contribution in [3.8, 4) is 11.4 Å². The molecule has 122 valence electrons. The number of nitrogens with zero attached hydrogens (tertiary/aromatic N) is 4. The molecule has 0 aliphatic carbocycles.